The van der Waals surface area contributed by atoms with E-state index < -0.39 is 0 Å². The van der Waals surface area contributed by atoms with Crippen LogP contribution in [0.4, 0.5) is 0 Å². The first-order valence-electron chi connectivity index (χ1n) is 4.72. The Morgan fingerprint density at radius 1 is 1.33 bits per heavy atom. The van der Waals surface area contributed by atoms with Crippen LogP contribution in [0.3, 0.4) is 0 Å². The maximum Gasteiger partial charge on any atom is 0.302 e. The number of carbonyl (C=O) groups excluding carboxylic acids is 1. The minimum absolute atomic E-state index is 0.211. The van der Waals surface area contributed by atoms with Crippen molar-refractivity contribution >= 4 is 5.97 Å². The summed E-state index contributed by atoms with van der Waals surface area (Å²) >= 11 is 0. The number of hydrogen-bond acceptors (Lipinski definition) is 4. The predicted octanol–water partition coefficient (Wildman–Crippen LogP) is 1.98. The van der Waals surface area contributed by atoms with Crippen LogP contribution in [0.5, 0.6) is 11.5 Å². The SMILES string of the molecule is CCOC(C)=O.c1ccc2c(c1)OCO2. The van der Waals surface area contributed by atoms with Crippen LogP contribution in [0.2, 0.25) is 0 Å². The van der Waals surface area contributed by atoms with Crippen molar-refractivity contribution in [1.82, 2.24) is 0 Å². The number of carbonyl (C=O) groups is 1. The van der Waals surface area contributed by atoms with E-state index in [4.69, 9.17) is 9.47 Å². The monoisotopic (exact) mass is 210 g/mol. The Balaban J connectivity index is 0.000000167. The molecule has 4 nitrogen and oxygen atoms in total. The van der Waals surface area contributed by atoms with Crippen LogP contribution in [0, 0.1) is 0 Å². The molecule has 0 fully saturated rings. The van der Waals surface area contributed by atoms with Crippen molar-refractivity contribution in [2.75, 3.05) is 13.4 Å². The topological polar surface area (TPSA) is 44.8 Å². The zero-order chi connectivity index (χ0) is 11.1. The van der Waals surface area contributed by atoms with Gasteiger partial charge in [0.05, 0.1) is 6.61 Å². The highest BCUT2D eigenvalue weighted by atomic mass is 16.7. The molecule has 0 N–H and O–H groups in total. The van der Waals surface area contributed by atoms with Gasteiger partial charge in [-0.15, -0.1) is 0 Å². The van der Waals surface area contributed by atoms with Gasteiger partial charge in [-0.2, -0.15) is 0 Å². The van der Waals surface area contributed by atoms with Gasteiger partial charge in [-0.25, -0.2) is 0 Å². The minimum Gasteiger partial charge on any atom is -0.466 e. The molecule has 1 aromatic carbocycles. The zero-order valence-electron chi connectivity index (χ0n) is 8.86. The third kappa shape index (κ3) is 3.89. The van der Waals surface area contributed by atoms with Crippen LogP contribution in [-0.4, -0.2) is 19.4 Å². The van der Waals surface area contributed by atoms with Crippen molar-refractivity contribution in [3.05, 3.63) is 24.3 Å². The molecule has 4 heteroatoms. The number of hydrogen-bond donors (Lipinski definition) is 0. The molecule has 0 saturated heterocycles. The van der Waals surface area contributed by atoms with E-state index >= 15 is 0 Å². The van der Waals surface area contributed by atoms with Crippen molar-refractivity contribution in [2.24, 2.45) is 0 Å². The maximum absolute atomic E-state index is 9.82. The first-order valence-corrected chi connectivity index (χ1v) is 4.72. The Labute approximate surface area is 88.8 Å². The highest BCUT2D eigenvalue weighted by Crippen LogP contribution is 2.30. The second-order valence-electron chi connectivity index (χ2n) is 2.78. The van der Waals surface area contributed by atoms with Crippen molar-refractivity contribution in [2.45, 2.75) is 13.8 Å². The summed E-state index contributed by atoms with van der Waals surface area (Å²) in [5.74, 6) is 1.48. The normalized spacial score (nSPS) is 11.3. The number of ether oxygens (including phenoxy) is 3. The summed E-state index contributed by atoms with van der Waals surface area (Å²) in [6.07, 6.45) is 0. The van der Waals surface area contributed by atoms with Crippen LogP contribution in [0.25, 0.3) is 0 Å². The molecule has 82 valence electrons. The molecule has 0 unspecified atom stereocenters. The standard InChI is InChI=1S/C7H6O2.C4H8O2/c1-2-4-7-6(3-1)8-5-9-7;1-3-6-4(2)5/h1-4H,5H2;3H2,1-2H3. The highest BCUT2D eigenvalue weighted by Gasteiger charge is 2.09. The second kappa shape index (κ2) is 5.90. The van der Waals surface area contributed by atoms with Crippen LogP contribution in [0.15, 0.2) is 24.3 Å². The third-order valence-corrected chi connectivity index (χ3v) is 1.63. The molecule has 1 aliphatic rings. The number of esters is 1. The lowest BCUT2D eigenvalue weighted by Gasteiger charge is -1.89. The van der Waals surface area contributed by atoms with Crippen LogP contribution in [0.1, 0.15) is 13.8 Å². The average Bonchev–Trinajstić information content (AvgIpc) is 2.65. The summed E-state index contributed by atoms with van der Waals surface area (Å²) < 4.78 is 14.6. The van der Waals surface area contributed by atoms with Gasteiger partial charge in [-0.1, -0.05) is 12.1 Å². The Bertz CT molecular complexity index is 299. The third-order valence-electron chi connectivity index (χ3n) is 1.63. The average molecular weight is 210 g/mol. The molecular formula is C11H14O4. The number of fused-ring (bicyclic) bond motifs is 1. The lowest BCUT2D eigenvalue weighted by atomic mass is 10.3. The zero-order valence-corrected chi connectivity index (χ0v) is 8.86. The highest BCUT2D eigenvalue weighted by molar-refractivity contribution is 5.65. The molecular weight excluding hydrogens is 196 g/mol. The fraction of sp³-hybridized carbons (Fsp3) is 0.364. The van der Waals surface area contributed by atoms with Gasteiger partial charge in [0.1, 0.15) is 0 Å². The Morgan fingerprint density at radius 3 is 2.20 bits per heavy atom. The van der Waals surface area contributed by atoms with E-state index in [0.29, 0.717) is 13.4 Å². The quantitative estimate of drug-likeness (QED) is 0.665. The molecule has 1 heterocycles. The molecule has 15 heavy (non-hydrogen) atoms. The Hall–Kier alpha value is -1.71. The summed E-state index contributed by atoms with van der Waals surface area (Å²) in [5.41, 5.74) is 0. The summed E-state index contributed by atoms with van der Waals surface area (Å²) in [6, 6.07) is 7.63. The molecule has 1 aromatic rings. The van der Waals surface area contributed by atoms with Crippen LogP contribution < -0.4 is 9.47 Å². The van der Waals surface area contributed by atoms with E-state index in [2.05, 4.69) is 4.74 Å². The second-order valence-corrected chi connectivity index (χ2v) is 2.78. The van der Waals surface area contributed by atoms with E-state index in [0.717, 1.165) is 11.5 Å². The molecule has 0 spiro atoms. The van der Waals surface area contributed by atoms with E-state index in [1.165, 1.54) is 6.92 Å². The van der Waals surface area contributed by atoms with Gasteiger partial charge in [-0.05, 0) is 19.1 Å². The van der Waals surface area contributed by atoms with Gasteiger partial charge in [-0.3, -0.25) is 4.79 Å². The fourth-order valence-electron chi connectivity index (χ4n) is 1.05. The lowest BCUT2D eigenvalue weighted by molar-refractivity contribution is -0.140. The summed E-state index contributed by atoms with van der Waals surface area (Å²) in [4.78, 5) is 9.82. The van der Waals surface area contributed by atoms with Crippen molar-refractivity contribution < 1.29 is 19.0 Å². The van der Waals surface area contributed by atoms with Gasteiger partial charge < -0.3 is 14.2 Å². The molecule has 2 rings (SSSR count). The number of rotatable bonds is 1. The van der Waals surface area contributed by atoms with Gasteiger partial charge in [0.25, 0.3) is 0 Å². The van der Waals surface area contributed by atoms with Crippen LogP contribution >= 0.6 is 0 Å². The minimum atomic E-state index is -0.211. The molecule has 0 radical (unpaired) electrons. The van der Waals surface area contributed by atoms with Gasteiger partial charge in [0, 0.05) is 6.92 Å². The van der Waals surface area contributed by atoms with Gasteiger partial charge >= 0.3 is 5.97 Å². The predicted molar refractivity (Wildman–Crippen MR) is 54.9 cm³/mol. The van der Waals surface area contributed by atoms with Crippen molar-refractivity contribution in [3.63, 3.8) is 0 Å². The van der Waals surface area contributed by atoms with E-state index in [1.54, 1.807) is 6.92 Å². The molecule has 0 aliphatic carbocycles. The summed E-state index contributed by atoms with van der Waals surface area (Å²) in [6.45, 7) is 4.01. The van der Waals surface area contributed by atoms with Gasteiger partial charge in [0.15, 0.2) is 11.5 Å². The molecule has 0 amide bonds. The molecule has 0 atom stereocenters. The first kappa shape index (κ1) is 11.4. The summed E-state index contributed by atoms with van der Waals surface area (Å²) in [5, 5.41) is 0. The molecule has 0 aromatic heterocycles. The van der Waals surface area contributed by atoms with E-state index in [1.807, 2.05) is 24.3 Å². The van der Waals surface area contributed by atoms with Crippen molar-refractivity contribution in [1.29, 1.82) is 0 Å². The smallest absolute Gasteiger partial charge is 0.302 e. The fourth-order valence-corrected chi connectivity index (χ4v) is 1.05. The largest absolute Gasteiger partial charge is 0.466 e. The molecule has 0 saturated carbocycles. The maximum atomic E-state index is 9.82. The Kier molecular flexibility index (Phi) is 4.47. The van der Waals surface area contributed by atoms with Crippen molar-refractivity contribution in [3.8, 4) is 11.5 Å². The van der Waals surface area contributed by atoms with E-state index in [-0.39, 0.29) is 5.97 Å². The van der Waals surface area contributed by atoms with E-state index in [9.17, 15) is 4.79 Å². The Morgan fingerprint density at radius 2 is 1.87 bits per heavy atom. The van der Waals surface area contributed by atoms with Crippen LogP contribution in [-0.2, 0) is 9.53 Å². The number of para-hydroxylation sites is 2. The van der Waals surface area contributed by atoms with Gasteiger partial charge in [0.2, 0.25) is 6.79 Å². The lowest BCUT2D eigenvalue weighted by Crippen LogP contribution is -1.95. The number of benzene rings is 1. The molecule has 0 bridgehead atoms. The molecule has 1 aliphatic heterocycles. The first-order chi connectivity index (χ1) is 7.24. The summed E-state index contributed by atoms with van der Waals surface area (Å²) in [7, 11) is 0.